The van der Waals surface area contributed by atoms with E-state index in [1.807, 2.05) is 36.4 Å². The number of amides is 1. The Hall–Kier alpha value is -2.47. The second-order valence-electron chi connectivity index (χ2n) is 7.05. The normalized spacial score (nSPS) is 24.8. The number of carbonyl (C=O) groups excluding carboxylic acids is 1. The van der Waals surface area contributed by atoms with Crippen molar-refractivity contribution in [2.24, 2.45) is 11.8 Å². The molecule has 1 aliphatic heterocycles. The Morgan fingerprint density at radius 2 is 1.76 bits per heavy atom. The highest BCUT2D eigenvalue weighted by Gasteiger charge is 2.37. The van der Waals surface area contributed by atoms with Gasteiger partial charge in [-0.2, -0.15) is 0 Å². The summed E-state index contributed by atoms with van der Waals surface area (Å²) in [5.41, 5.74) is 2.59. The third-order valence-corrected chi connectivity index (χ3v) is 5.17. The van der Waals surface area contributed by atoms with Gasteiger partial charge in [0.1, 0.15) is 5.82 Å². The molecule has 130 valence electrons. The third kappa shape index (κ3) is 3.64. The number of hydrogen-bond acceptors (Lipinski definition) is 5. The first-order valence-corrected chi connectivity index (χ1v) is 8.86. The summed E-state index contributed by atoms with van der Waals surface area (Å²) in [5, 5.41) is 18.4. The van der Waals surface area contributed by atoms with E-state index in [9.17, 15) is 4.79 Å². The van der Waals surface area contributed by atoms with Crippen molar-refractivity contribution in [2.75, 3.05) is 23.7 Å². The maximum absolute atomic E-state index is 11.1. The van der Waals surface area contributed by atoms with Gasteiger partial charge in [0.05, 0.1) is 5.69 Å². The van der Waals surface area contributed by atoms with Crippen LogP contribution in [0.3, 0.4) is 0 Å². The Labute approximate surface area is 147 Å². The van der Waals surface area contributed by atoms with E-state index in [1.165, 1.54) is 19.8 Å². The molecule has 0 radical (unpaired) electrons. The molecule has 25 heavy (non-hydrogen) atoms. The fourth-order valence-corrected chi connectivity index (χ4v) is 3.98. The number of fused-ring (bicyclic) bond motifs is 1. The molecule has 0 bridgehead atoms. The number of hydrogen-bond donors (Lipinski definition) is 3. The average molecular weight is 337 g/mol. The number of benzene rings is 1. The zero-order valence-electron chi connectivity index (χ0n) is 14.3. The van der Waals surface area contributed by atoms with Crippen LogP contribution in [-0.2, 0) is 4.79 Å². The Balaban J connectivity index is 1.39. The van der Waals surface area contributed by atoms with Crippen molar-refractivity contribution in [2.45, 2.75) is 25.8 Å². The number of nitrogens with one attached hydrogen (secondary N) is 3. The average Bonchev–Trinajstić information content (AvgIpc) is 3.17. The molecule has 6 heteroatoms. The first-order chi connectivity index (χ1) is 12.2. The van der Waals surface area contributed by atoms with Gasteiger partial charge in [-0.15, -0.1) is 10.2 Å². The van der Waals surface area contributed by atoms with Crippen molar-refractivity contribution in [3.8, 4) is 11.3 Å². The van der Waals surface area contributed by atoms with E-state index in [0.29, 0.717) is 6.04 Å². The van der Waals surface area contributed by atoms with E-state index < -0.39 is 0 Å². The van der Waals surface area contributed by atoms with E-state index in [-0.39, 0.29) is 5.91 Å². The molecular weight excluding hydrogens is 314 g/mol. The molecule has 2 heterocycles. The monoisotopic (exact) mass is 337 g/mol. The number of nitrogens with zero attached hydrogens (tertiary/aromatic N) is 2. The Morgan fingerprint density at radius 1 is 1.04 bits per heavy atom. The zero-order chi connectivity index (χ0) is 17.2. The van der Waals surface area contributed by atoms with Crippen LogP contribution >= 0.6 is 0 Å². The van der Waals surface area contributed by atoms with E-state index in [0.717, 1.165) is 47.7 Å². The van der Waals surface area contributed by atoms with Crippen LogP contribution in [0.4, 0.5) is 11.5 Å². The molecular formula is C19H23N5O. The van der Waals surface area contributed by atoms with Crippen molar-refractivity contribution in [3.63, 3.8) is 0 Å². The minimum absolute atomic E-state index is 0.0743. The molecule has 1 saturated carbocycles. The number of carbonyl (C=O) groups is 1. The fourth-order valence-electron chi connectivity index (χ4n) is 3.98. The predicted molar refractivity (Wildman–Crippen MR) is 98.3 cm³/mol. The lowest BCUT2D eigenvalue weighted by atomic mass is 10.0. The van der Waals surface area contributed by atoms with Crippen LogP contribution < -0.4 is 16.0 Å². The standard InChI is InChI=1S/C19H23N5O/c1-12(25)21-16-4-2-13(3-5-16)18-6-7-19(24-23-18)22-17-8-14-10-20-11-15(14)9-17/h2-7,14-15,17,20H,8-11H2,1H3,(H,21,25)(H,22,24)/t14-,15+,17?. The molecule has 1 saturated heterocycles. The van der Waals surface area contributed by atoms with E-state index in [2.05, 4.69) is 26.1 Å². The van der Waals surface area contributed by atoms with Crippen LogP contribution in [0, 0.1) is 11.8 Å². The van der Waals surface area contributed by atoms with Gasteiger partial charge in [0, 0.05) is 24.2 Å². The Morgan fingerprint density at radius 3 is 2.36 bits per heavy atom. The molecule has 2 fully saturated rings. The first-order valence-electron chi connectivity index (χ1n) is 8.86. The SMILES string of the molecule is CC(=O)Nc1ccc(-c2ccc(NC3C[C@H]4CNC[C@H]4C3)nn2)cc1. The molecule has 1 unspecified atom stereocenters. The molecule has 4 rings (SSSR count). The summed E-state index contributed by atoms with van der Waals surface area (Å²) < 4.78 is 0. The number of anilines is 2. The summed E-state index contributed by atoms with van der Waals surface area (Å²) in [5.74, 6) is 2.39. The second kappa shape index (κ2) is 6.80. The van der Waals surface area contributed by atoms with Gasteiger partial charge in [-0.05, 0) is 62.0 Å². The van der Waals surface area contributed by atoms with Gasteiger partial charge in [-0.3, -0.25) is 4.79 Å². The minimum Gasteiger partial charge on any atom is -0.366 e. The second-order valence-corrected chi connectivity index (χ2v) is 7.05. The van der Waals surface area contributed by atoms with Gasteiger partial charge in [-0.1, -0.05) is 12.1 Å². The number of aromatic nitrogens is 2. The highest BCUT2D eigenvalue weighted by atomic mass is 16.1. The maximum Gasteiger partial charge on any atom is 0.221 e. The molecule has 3 N–H and O–H groups in total. The predicted octanol–water partition coefficient (Wildman–Crippen LogP) is 2.51. The lowest BCUT2D eigenvalue weighted by Crippen LogP contribution is -2.21. The van der Waals surface area contributed by atoms with Crippen molar-refractivity contribution < 1.29 is 4.79 Å². The summed E-state index contributed by atoms with van der Waals surface area (Å²) >= 11 is 0. The van der Waals surface area contributed by atoms with E-state index >= 15 is 0 Å². The van der Waals surface area contributed by atoms with Gasteiger partial charge in [0.25, 0.3) is 0 Å². The van der Waals surface area contributed by atoms with Crippen molar-refractivity contribution in [3.05, 3.63) is 36.4 Å². The summed E-state index contributed by atoms with van der Waals surface area (Å²) in [6.07, 6.45) is 2.43. The van der Waals surface area contributed by atoms with Crippen LogP contribution in [0.5, 0.6) is 0 Å². The number of rotatable bonds is 4. The van der Waals surface area contributed by atoms with Gasteiger partial charge in [0.15, 0.2) is 0 Å². The van der Waals surface area contributed by atoms with Crippen LogP contribution in [0.1, 0.15) is 19.8 Å². The van der Waals surface area contributed by atoms with Gasteiger partial charge >= 0.3 is 0 Å². The van der Waals surface area contributed by atoms with Crippen LogP contribution in [0.2, 0.25) is 0 Å². The molecule has 1 amide bonds. The molecule has 1 aliphatic carbocycles. The maximum atomic E-state index is 11.1. The van der Waals surface area contributed by atoms with E-state index in [1.54, 1.807) is 0 Å². The first kappa shape index (κ1) is 16.0. The Bertz CT molecular complexity index is 731. The van der Waals surface area contributed by atoms with Crippen LogP contribution in [0.25, 0.3) is 11.3 Å². The van der Waals surface area contributed by atoms with Crippen LogP contribution in [-0.4, -0.2) is 35.2 Å². The smallest absolute Gasteiger partial charge is 0.221 e. The molecule has 1 aromatic carbocycles. The molecule has 0 spiro atoms. The van der Waals surface area contributed by atoms with Gasteiger partial charge < -0.3 is 16.0 Å². The van der Waals surface area contributed by atoms with Crippen molar-refractivity contribution >= 4 is 17.4 Å². The van der Waals surface area contributed by atoms with Crippen molar-refractivity contribution in [1.82, 2.24) is 15.5 Å². The van der Waals surface area contributed by atoms with Crippen LogP contribution in [0.15, 0.2) is 36.4 Å². The zero-order valence-corrected chi connectivity index (χ0v) is 14.3. The topological polar surface area (TPSA) is 78.9 Å². The molecule has 6 nitrogen and oxygen atoms in total. The van der Waals surface area contributed by atoms with Crippen molar-refractivity contribution in [1.29, 1.82) is 0 Å². The summed E-state index contributed by atoms with van der Waals surface area (Å²) in [7, 11) is 0. The summed E-state index contributed by atoms with van der Waals surface area (Å²) in [4.78, 5) is 11.1. The summed E-state index contributed by atoms with van der Waals surface area (Å²) in [6.45, 7) is 3.81. The highest BCUT2D eigenvalue weighted by molar-refractivity contribution is 5.88. The molecule has 2 aromatic rings. The van der Waals surface area contributed by atoms with E-state index in [4.69, 9.17) is 0 Å². The summed E-state index contributed by atoms with van der Waals surface area (Å²) in [6, 6.07) is 12.1. The highest BCUT2D eigenvalue weighted by Crippen LogP contribution is 2.35. The lowest BCUT2D eigenvalue weighted by Gasteiger charge is -2.14. The molecule has 2 aliphatic rings. The lowest BCUT2D eigenvalue weighted by molar-refractivity contribution is -0.114. The minimum atomic E-state index is -0.0743. The van der Waals surface area contributed by atoms with Gasteiger partial charge in [0.2, 0.25) is 5.91 Å². The third-order valence-electron chi connectivity index (χ3n) is 5.17. The largest absolute Gasteiger partial charge is 0.366 e. The molecule has 1 aromatic heterocycles. The van der Waals surface area contributed by atoms with Gasteiger partial charge in [-0.25, -0.2) is 0 Å². The quantitative estimate of drug-likeness (QED) is 0.799. The molecule has 3 atom stereocenters. The fraction of sp³-hybridized carbons (Fsp3) is 0.421. The Kier molecular flexibility index (Phi) is 4.36.